The van der Waals surface area contributed by atoms with Gasteiger partial charge in [0.15, 0.2) is 0 Å². The van der Waals surface area contributed by atoms with Crippen LogP contribution in [0.3, 0.4) is 0 Å². The monoisotopic (exact) mass is 415 g/mol. The molecule has 0 bridgehead atoms. The quantitative estimate of drug-likeness (QED) is 0.659. The molecule has 5 rings (SSSR count). The normalized spacial score (nSPS) is 19.0. The van der Waals surface area contributed by atoms with Gasteiger partial charge in [-0.1, -0.05) is 12.1 Å². The van der Waals surface area contributed by atoms with Crippen molar-refractivity contribution in [2.24, 2.45) is 7.05 Å². The highest BCUT2D eigenvalue weighted by molar-refractivity contribution is 7.89. The summed E-state index contributed by atoms with van der Waals surface area (Å²) in [6.07, 6.45) is 8.00. The van der Waals surface area contributed by atoms with Crippen LogP contribution in [0, 0.1) is 5.82 Å². The average Bonchev–Trinajstić information content (AvgIpc) is 3.40. The maximum Gasteiger partial charge on any atom is 0.245 e. The molecular formula is C20H22FN5O2S. The fraction of sp³-hybridized carbons (Fsp3) is 0.400. The summed E-state index contributed by atoms with van der Waals surface area (Å²) in [7, 11) is -1.94. The average molecular weight is 415 g/mol. The molecule has 0 aliphatic carbocycles. The fourth-order valence-electron chi connectivity index (χ4n) is 4.67. The zero-order valence-corrected chi connectivity index (χ0v) is 16.9. The lowest BCUT2D eigenvalue weighted by Gasteiger charge is -2.37. The lowest BCUT2D eigenvalue weighted by Crippen LogP contribution is -2.44. The molecule has 1 fully saturated rings. The van der Waals surface area contributed by atoms with Crippen molar-refractivity contribution in [2.75, 3.05) is 13.1 Å². The SMILES string of the molecule is Cn1cc(-c2cnc3n2CCC32CCN(S(=O)(=O)c3ccccc3F)CC2)cn1. The molecule has 2 aliphatic rings. The summed E-state index contributed by atoms with van der Waals surface area (Å²) in [4.78, 5) is 4.47. The summed E-state index contributed by atoms with van der Waals surface area (Å²) in [6.45, 7) is 1.59. The van der Waals surface area contributed by atoms with Crippen LogP contribution < -0.4 is 0 Å². The van der Waals surface area contributed by atoms with E-state index in [4.69, 9.17) is 4.98 Å². The second-order valence-corrected chi connectivity index (χ2v) is 9.79. The minimum Gasteiger partial charge on any atom is -0.327 e. The van der Waals surface area contributed by atoms with E-state index < -0.39 is 15.8 Å². The van der Waals surface area contributed by atoms with Gasteiger partial charge in [0.2, 0.25) is 10.0 Å². The molecule has 9 heteroatoms. The third-order valence-corrected chi connectivity index (χ3v) is 8.21. The summed E-state index contributed by atoms with van der Waals surface area (Å²) in [5, 5.41) is 4.25. The maximum absolute atomic E-state index is 14.1. The van der Waals surface area contributed by atoms with Crippen molar-refractivity contribution in [2.45, 2.75) is 36.1 Å². The first-order valence-electron chi connectivity index (χ1n) is 9.70. The van der Waals surface area contributed by atoms with E-state index in [9.17, 15) is 12.8 Å². The molecule has 4 heterocycles. The van der Waals surface area contributed by atoms with E-state index >= 15 is 0 Å². The van der Waals surface area contributed by atoms with Gasteiger partial charge in [-0.15, -0.1) is 0 Å². The fourth-order valence-corrected chi connectivity index (χ4v) is 6.17. The Kier molecular flexibility index (Phi) is 4.15. The Bertz CT molecular complexity index is 1180. The predicted molar refractivity (Wildman–Crippen MR) is 105 cm³/mol. The number of halogens is 1. The Balaban J connectivity index is 1.40. The molecule has 3 aromatic rings. The number of imidazole rings is 1. The first-order chi connectivity index (χ1) is 13.9. The van der Waals surface area contributed by atoms with Gasteiger partial charge >= 0.3 is 0 Å². The van der Waals surface area contributed by atoms with E-state index in [1.54, 1.807) is 10.7 Å². The second-order valence-electron chi connectivity index (χ2n) is 7.89. The molecular weight excluding hydrogens is 393 g/mol. The Morgan fingerprint density at radius 1 is 1.07 bits per heavy atom. The predicted octanol–water partition coefficient (Wildman–Crippen LogP) is 2.55. The van der Waals surface area contributed by atoms with Gasteiger partial charge in [0, 0.05) is 43.9 Å². The molecule has 152 valence electrons. The second kappa shape index (κ2) is 6.50. The van der Waals surface area contributed by atoms with Gasteiger partial charge in [-0.2, -0.15) is 9.40 Å². The first kappa shape index (κ1) is 18.5. The number of sulfonamides is 1. The number of aromatic nitrogens is 4. The minimum absolute atomic E-state index is 0.123. The number of rotatable bonds is 3. The molecule has 2 aliphatic heterocycles. The number of piperidine rings is 1. The highest BCUT2D eigenvalue weighted by Gasteiger charge is 2.46. The smallest absolute Gasteiger partial charge is 0.245 e. The van der Waals surface area contributed by atoms with Crippen molar-refractivity contribution in [1.82, 2.24) is 23.6 Å². The number of aryl methyl sites for hydroxylation is 1. The molecule has 0 radical (unpaired) electrons. The standard InChI is InChI=1S/C20H22FN5O2S/c1-24-14-15(12-23-24)17-13-22-19-20(8-11-26(17)19)6-9-25(10-7-20)29(27,28)18-5-3-2-4-16(18)21/h2-5,12-14H,6-11H2,1H3. The number of fused-ring (bicyclic) bond motifs is 2. The molecule has 29 heavy (non-hydrogen) atoms. The molecule has 0 amide bonds. The van der Waals surface area contributed by atoms with E-state index in [-0.39, 0.29) is 10.3 Å². The van der Waals surface area contributed by atoms with Gasteiger partial charge in [0.05, 0.1) is 18.1 Å². The van der Waals surface area contributed by atoms with Gasteiger partial charge in [0.25, 0.3) is 0 Å². The van der Waals surface area contributed by atoms with Crippen LogP contribution in [-0.2, 0) is 29.0 Å². The van der Waals surface area contributed by atoms with E-state index in [2.05, 4.69) is 9.67 Å². The van der Waals surface area contributed by atoms with Crippen molar-refractivity contribution in [3.05, 3.63) is 54.5 Å². The largest absolute Gasteiger partial charge is 0.327 e. The number of benzene rings is 1. The van der Waals surface area contributed by atoms with Gasteiger partial charge in [-0.25, -0.2) is 17.8 Å². The summed E-state index contributed by atoms with van der Waals surface area (Å²) in [5.41, 5.74) is 1.95. The van der Waals surface area contributed by atoms with Crippen LogP contribution in [0.25, 0.3) is 11.3 Å². The van der Waals surface area contributed by atoms with Crippen molar-refractivity contribution in [3.63, 3.8) is 0 Å². The summed E-state index contributed by atoms with van der Waals surface area (Å²) >= 11 is 0. The third kappa shape index (κ3) is 2.83. The topological polar surface area (TPSA) is 73.0 Å². The maximum atomic E-state index is 14.1. The number of nitrogens with zero attached hydrogens (tertiary/aromatic N) is 5. The Morgan fingerprint density at radius 3 is 2.48 bits per heavy atom. The molecule has 1 spiro atoms. The highest BCUT2D eigenvalue weighted by Crippen LogP contribution is 2.45. The third-order valence-electron chi connectivity index (χ3n) is 6.28. The Morgan fingerprint density at radius 2 is 1.79 bits per heavy atom. The summed E-state index contributed by atoms with van der Waals surface area (Å²) in [6, 6.07) is 5.57. The lowest BCUT2D eigenvalue weighted by atomic mass is 9.77. The molecule has 0 saturated carbocycles. The van der Waals surface area contributed by atoms with Gasteiger partial charge in [-0.05, 0) is 31.4 Å². The van der Waals surface area contributed by atoms with E-state index in [0.29, 0.717) is 25.9 Å². The summed E-state index contributed by atoms with van der Waals surface area (Å²) in [5.74, 6) is 0.324. The van der Waals surface area contributed by atoms with E-state index in [1.807, 2.05) is 25.6 Å². The molecule has 0 unspecified atom stereocenters. The van der Waals surface area contributed by atoms with E-state index in [1.165, 1.54) is 22.5 Å². The van der Waals surface area contributed by atoms with Crippen LogP contribution in [-0.4, -0.2) is 45.1 Å². The molecule has 7 nitrogen and oxygen atoms in total. The Hall–Kier alpha value is -2.52. The first-order valence-corrected chi connectivity index (χ1v) is 11.1. The number of hydrogen-bond acceptors (Lipinski definition) is 4. The van der Waals surface area contributed by atoms with Gasteiger partial charge in [0.1, 0.15) is 16.5 Å². The minimum atomic E-state index is -3.83. The van der Waals surface area contributed by atoms with Gasteiger partial charge < -0.3 is 4.57 Å². The van der Waals surface area contributed by atoms with Crippen LogP contribution in [0.5, 0.6) is 0 Å². The molecule has 0 atom stereocenters. The van der Waals surface area contributed by atoms with Crippen LogP contribution in [0.2, 0.25) is 0 Å². The highest BCUT2D eigenvalue weighted by atomic mass is 32.2. The molecule has 0 N–H and O–H groups in total. The van der Waals surface area contributed by atoms with Crippen LogP contribution >= 0.6 is 0 Å². The van der Waals surface area contributed by atoms with Crippen molar-refractivity contribution in [3.8, 4) is 11.3 Å². The molecule has 1 saturated heterocycles. The lowest BCUT2D eigenvalue weighted by molar-refractivity contribution is 0.227. The summed E-state index contributed by atoms with van der Waals surface area (Å²) < 4.78 is 45.3. The molecule has 2 aromatic heterocycles. The zero-order valence-electron chi connectivity index (χ0n) is 16.1. The van der Waals surface area contributed by atoms with Crippen molar-refractivity contribution in [1.29, 1.82) is 0 Å². The Labute approximate surface area is 168 Å². The van der Waals surface area contributed by atoms with Gasteiger partial charge in [-0.3, -0.25) is 4.68 Å². The zero-order chi connectivity index (χ0) is 20.2. The molecule has 1 aromatic carbocycles. The van der Waals surface area contributed by atoms with Crippen LogP contribution in [0.15, 0.2) is 47.8 Å². The van der Waals surface area contributed by atoms with Crippen LogP contribution in [0.4, 0.5) is 4.39 Å². The van der Waals surface area contributed by atoms with Crippen molar-refractivity contribution < 1.29 is 12.8 Å². The van der Waals surface area contributed by atoms with Crippen molar-refractivity contribution >= 4 is 10.0 Å². The van der Waals surface area contributed by atoms with E-state index in [0.717, 1.165) is 30.0 Å². The number of hydrogen-bond donors (Lipinski definition) is 0. The van der Waals surface area contributed by atoms with Crippen LogP contribution in [0.1, 0.15) is 25.1 Å².